The van der Waals surface area contributed by atoms with Gasteiger partial charge in [-0.3, -0.25) is 0 Å². The highest BCUT2D eigenvalue weighted by molar-refractivity contribution is 5.28. The Morgan fingerprint density at radius 1 is 1.16 bits per heavy atom. The van der Waals surface area contributed by atoms with Gasteiger partial charge < -0.3 is 5.11 Å². The van der Waals surface area contributed by atoms with E-state index in [0.29, 0.717) is 5.92 Å². The zero-order valence-electron chi connectivity index (χ0n) is 12.4. The van der Waals surface area contributed by atoms with Crippen molar-refractivity contribution in [1.29, 1.82) is 0 Å². The molecule has 19 heavy (non-hydrogen) atoms. The lowest BCUT2D eigenvalue weighted by Crippen LogP contribution is -2.23. The molecule has 1 nitrogen and oxygen atoms in total. The Balaban J connectivity index is 1.97. The van der Waals surface area contributed by atoms with Crippen LogP contribution in [0.25, 0.3) is 0 Å². The zero-order chi connectivity index (χ0) is 13.9. The number of aliphatic hydroxyl groups is 1. The van der Waals surface area contributed by atoms with Gasteiger partial charge in [-0.25, -0.2) is 0 Å². The van der Waals surface area contributed by atoms with Gasteiger partial charge in [-0.15, -0.1) is 0 Å². The molecule has 2 rings (SSSR count). The number of hydrogen-bond acceptors (Lipinski definition) is 1. The molecule has 1 N–H and O–H groups in total. The fraction of sp³-hybridized carbons (Fsp3) is 0.556. The molecule has 0 aromatic heterocycles. The van der Waals surface area contributed by atoms with Crippen LogP contribution in [-0.4, -0.2) is 11.2 Å². The third-order valence-electron chi connectivity index (χ3n) is 4.12. The third-order valence-corrected chi connectivity index (χ3v) is 4.12. The SMILES string of the molecule is CC(C)(C)c1ccc(CC(O)C2CC=CCC2)cc1. The molecule has 0 aliphatic heterocycles. The molecular weight excluding hydrogens is 232 g/mol. The van der Waals surface area contributed by atoms with Crippen LogP contribution in [0.3, 0.4) is 0 Å². The molecule has 0 heterocycles. The Morgan fingerprint density at radius 2 is 1.84 bits per heavy atom. The summed E-state index contributed by atoms with van der Waals surface area (Å²) < 4.78 is 0. The second-order valence-corrected chi connectivity index (χ2v) is 6.76. The summed E-state index contributed by atoms with van der Waals surface area (Å²) in [5.41, 5.74) is 2.80. The Labute approximate surface area is 117 Å². The van der Waals surface area contributed by atoms with Crippen LogP contribution >= 0.6 is 0 Å². The van der Waals surface area contributed by atoms with Crippen LogP contribution in [0.15, 0.2) is 36.4 Å². The predicted octanol–water partition coefficient (Wildman–Crippen LogP) is 4.24. The Bertz CT molecular complexity index is 422. The van der Waals surface area contributed by atoms with E-state index >= 15 is 0 Å². The van der Waals surface area contributed by atoms with Crippen LogP contribution in [-0.2, 0) is 11.8 Å². The number of aliphatic hydroxyl groups excluding tert-OH is 1. The maximum Gasteiger partial charge on any atom is 0.0611 e. The molecule has 0 saturated carbocycles. The molecule has 0 bridgehead atoms. The summed E-state index contributed by atoms with van der Waals surface area (Å²) in [6.07, 6.45) is 8.28. The summed E-state index contributed by atoms with van der Waals surface area (Å²) in [6, 6.07) is 8.73. The van der Waals surface area contributed by atoms with Crippen molar-refractivity contribution in [3.63, 3.8) is 0 Å². The Morgan fingerprint density at radius 3 is 2.37 bits per heavy atom. The van der Waals surface area contributed by atoms with Crippen LogP contribution in [0, 0.1) is 5.92 Å². The normalized spacial score (nSPS) is 21.4. The number of rotatable bonds is 3. The standard InChI is InChI=1S/C18H26O/c1-18(2,3)16-11-9-14(10-12-16)13-17(19)15-7-5-4-6-8-15/h4-5,9-12,15,17,19H,6-8,13H2,1-3H3. The van der Waals surface area contributed by atoms with Gasteiger partial charge >= 0.3 is 0 Å². The summed E-state index contributed by atoms with van der Waals surface area (Å²) in [4.78, 5) is 0. The molecule has 1 aliphatic carbocycles. The van der Waals surface area contributed by atoms with Crippen molar-refractivity contribution in [2.45, 2.75) is 58.0 Å². The van der Waals surface area contributed by atoms with Crippen molar-refractivity contribution >= 4 is 0 Å². The fourth-order valence-electron chi connectivity index (χ4n) is 2.72. The van der Waals surface area contributed by atoms with E-state index in [1.807, 2.05) is 0 Å². The third kappa shape index (κ3) is 3.94. The van der Waals surface area contributed by atoms with E-state index in [-0.39, 0.29) is 11.5 Å². The van der Waals surface area contributed by atoms with Crippen LogP contribution in [0.1, 0.15) is 51.2 Å². The first-order valence-electron chi connectivity index (χ1n) is 7.39. The summed E-state index contributed by atoms with van der Waals surface area (Å²) in [7, 11) is 0. The first-order chi connectivity index (χ1) is 8.97. The highest BCUT2D eigenvalue weighted by Gasteiger charge is 2.20. The molecule has 1 aromatic carbocycles. The summed E-state index contributed by atoms with van der Waals surface area (Å²) in [5.74, 6) is 0.437. The first-order valence-corrected chi connectivity index (χ1v) is 7.39. The van der Waals surface area contributed by atoms with E-state index in [2.05, 4.69) is 57.2 Å². The lowest BCUT2D eigenvalue weighted by molar-refractivity contribution is 0.102. The van der Waals surface area contributed by atoms with Crippen LogP contribution in [0.2, 0.25) is 0 Å². The second-order valence-electron chi connectivity index (χ2n) is 6.76. The molecule has 0 spiro atoms. The van der Waals surface area contributed by atoms with Crippen LogP contribution in [0.5, 0.6) is 0 Å². The van der Waals surface area contributed by atoms with Crippen molar-refractivity contribution in [3.8, 4) is 0 Å². The topological polar surface area (TPSA) is 20.2 Å². The number of allylic oxidation sites excluding steroid dienone is 2. The molecule has 0 saturated heterocycles. The van der Waals surface area contributed by atoms with Gasteiger partial charge in [0.2, 0.25) is 0 Å². The van der Waals surface area contributed by atoms with Gasteiger partial charge in [0, 0.05) is 0 Å². The highest BCUT2D eigenvalue weighted by atomic mass is 16.3. The molecule has 1 aromatic rings. The second kappa shape index (κ2) is 5.92. The lowest BCUT2D eigenvalue weighted by atomic mass is 9.84. The smallest absolute Gasteiger partial charge is 0.0611 e. The minimum atomic E-state index is -0.203. The van der Waals surface area contributed by atoms with E-state index < -0.39 is 0 Å². The summed E-state index contributed by atoms with van der Waals surface area (Å²) in [6.45, 7) is 6.68. The van der Waals surface area contributed by atoms with Crippen LogP contribution in [0.4, 0.5) is 0 Å². The van der Waals surface area contributed by atoms with E-state index in [1.165, 1.54) is 11.1 Å². The van der Waals surface area contributed by atoms with Crippen LogP contribution < -0.4 is 0 Å². The van der Waals surface area contributed by atoms with E-state index in [0.717, 1.165) is 25.7 Å². The van der Waals surface area contributed by atoms with Gasteiger partial charge in [0.05, 0.1) is 6.10 Å². The molecular formula is C18H26O. The molecule has 0 amide bonds. The minimum Gasteiger partial charge on any atom is -0.392 e. The molecule has 0 fully saturated rings. The average molecular weight is 258 g/mol. The van der Waals surface area contributed by atoms with Gasteiger partial charge in [-0.05, 0) is 48.1 Å². The van der Waals surface area contributed by atoms with E-state index in [1.54, 1.807) is 0 Å². The quantitative estimate of drug-likeness (QED) is 0.804. The fourth-order valence-corrected chi connectivity index (χ4v) is 2.72. The molecule has 2 atom stereocenters. The lowest BCUT2D eigenvalue weighted by Gasteiger charge is -2.24. The van der Waals surface area contributed by atoms with Gasteiger partial charge in [-0.1, -0.05) is 57.2 Å². The van der Waals surface area contributed by atoms with Gasteiger partial charge in [-0.2, -0.15) is 0 Å². The van der Waals surface area contributed by atoms with Crippen molar-refractivity contribution in [2.24, 2.45) is 5.92 Å². The molecule has 1 aliphatic rings. The van der Waals surface area contributed by atoms with E-state index in [4.69, 9.17) is 0 Å². The maximum absolute atomic E-state index is 10.3. The number of benzene rings is 1. The van der Waals surface area contributed by atoms with Gasteiger partial charge in [0.25, 0.3) is 0 Å². The van der Waals surface area contributed by atoms with E-state index in [9.17, 15) is 5.11 Å². The number of hydrogen-bond donors (Lipinski definition) is 1. The highest BCUT2D eigenvalue weighted by Crippen LogP contribution is 2.25. The average Bonchev–Trinajstić information content (AvgIpc) is 2.39. The van der Waals surface area contributed by atoms with Gasteiger partial charge in [0.15, 0.2) is 0 Å². The molecule has 1 heteroatoms. The first kappa shape index (κ1) is 14.3. The molecule has 104 valence electrons. The monoisotopic (exact) mass is 258 g/mol. The minimum absolute atomic E-state index is 0.200. The Kier molecular flexibility index (Phi) is 4.46. The predicted molar refractivity (Wildman–Crippen MR) is 81.3 cm³/mol. The van der Waals surface area contributed by atoms with Crippen molar-refractivity contribution in [3.05, 3.63) is 47.5 Å². The van der Waals surface area contributed by atoms with Crippen molar-refractivity contribution in [2.75, 3.05) is 0 Å². The van der Waals surface area contributed by atoms with Crippen molar-refractivity contribution in [1.82, 2.24) is 0 Å². The molecule has 0 radical (unpaired) electrons. The largest absolute Gasteiger partial charge is 0.392 e. The maximum atomic E-state index is 10.3. The Hall–Kier alpha value is -1.08. The summed E-state index contributed by atoms with van der Waals surface area (Å²) >= 11 is 0. The zero-order valence-corrected chi connectivity index (χ0v) is 12.4. The van der Waals surface area contributed by atoms with Gasteiger partial charge in [0.1, 0.15) is 0 Å². The molecule has 2 unspecified atom stereocenters. The summed E-state index contributed by atoms with van der Waals surface area (Å²) in [5, 5.41) is 10.3. The van der Waals surface area contributed by atoms with Crippen molar-refractivity contribution < 1.29 is 5.11 Å².